The van der Waals surface area contributed by atoms with E-state index in [1.165, 1.54) is 0 Å². The van der Waals surface area contributed by atoms with Crippen LogP contribution in [0.1, 0.15) is 12.8 Å². The third kappa shape index (κ3) is 3.14. The van der Waals surface area contributed by atoms with Gasteiger partial charge >= 0.3 is 0 Å². The van der Waals surface area contributed by atoms with Crippen molar-refractivity contribution in [3.63, 3.8) is 0 Å². The molecule has 0 aliphatic heterocycles. The molecule has 2 aliphatic carbocycles. The number of pyridine rings is 1. The van der Waals surface area contributed by atoms with Crippen molar-refractivity contribution in [1.29, 1.82) is 0 Å². The molecule has 0 amide bonds. The molecule has 3 rings (SSSR count). The number of fused-ring (bicyclic) bond motifs is 2. The van der Waals surface area contributed by atoms with Crippen LogP contribution in [0, 0.1) is 11.8 Å². The van der Waals surface area contributed by atoms with Crippen LogP contribution in [-0.2, 0) is 10.1 Å². The number of allylic oxidation sites excluding steroid dienone is 2. The number of rotatable bonds is 1. The Hall–Kier alpha value is -1.20. The SMILES string of the molecule is O=S(=O)(O)C1CC2C=CC1C2.c1ccncc1. The van der Waals surface area contributed by atoms with E-state index in [1.54, 1.807) is 12.4 Å². The highest BCUT2D eigenvalue weighted by atomic mass is 32.2. The van der Waals surface area contributed by atoms with Crippen molar-refractivity contribution in [2.45, 2.75) is 18.1 Å². The number of hydrogen-bond donors (Lipinski definition) is 1. The van der Waals surface area contributed by atoms with E-state index in [4.69, 9.17) is 4.55 Å². The predicted molar refractivity (Wildman–Crippen MR) is 64.9 cm³/mol. The fraction of sp³-hybridized carbons (Fsp3) is 0.417. The van der Waals surface area contributed by atoms with Crippen LogP contribution >= 0.6 is 0 Å². The fourth-order valence-electron chi connectivity index (χ4n) is 2.39. The summed E-state index contributed by atoms with van der Waals surface area (Å²) in [5, 5.41) is -0.516. The van der Waals surface area contributed by atoms with E-state index < -0.39 is 15.4 Å². The summed E-state index contributed by atoms with van der Waals surface area (Å²) >= 11 is 0. The van der Waals surface area contributed by atoms with Gasteiger partial charge in [-0.1, -0.05) is 18.2 Å². The number of nitrogens with zero attached hydrogens (tertiary/aromatic N) is 1. The van der Waals surface area contributed by atoms with Gasteiger partial charge in [-0.2, -0.15) is 8.42 Å². The smallest absolute Gasteiger partial charge is 0.268 e. The third-order valence-corrected chi connectivity index (χ3v) is 4.47. The van der Waals surface area contributed by atoms with Crippen molar-refractivity contribution in [3.05, 3.63) is 42.7 Å². The van der Waals surface area contributed by atoms with Crippen molar-refractivity contribution in [3.8, 4) is 0 Å². The number of hydrogen-bond acceptors (Lipinski definition) is 3. The van der Waals surface area contributed by atoms with Crippen LogP contribution in [0.2, 0.25) is 0 Å². The monoisotopic (exact) mass is 253 g/mol. The van der Waals surface area contributed by atoms with Crippen LogP contribution in [0.4, 0.5) is 0 Å². The molecule has 0 spiro atoms. The maximum absolute atomic E-state index is 10.7. The van der Waals surface area contributed by atoms with Gasteiger partial charge < -0.3 is 0 Å². The lowest BCUT2D eigenvalue weighted by molar-refractivity contribution is 0.455. The summed E-state index contributed by atoms with van der Waals surface area (Å²) in [4.78, 5) is 3.78. The molecule has 0 radical (unpaired) electrons. The summed E-state index contributed by atoms with van der Waals surface area (Å²) in [6.45, 7) is 0. The lowest BCUT2D eigenvalue weighted by atomic mass is 10.1. The van der Waals surface area contributed by atoms with E-state index in [-0.39, 0.29) is 5.92 Å². The summed E-state index contributed by atoms with van der Waals surface area (Å²) in [7, 11) is -3.78. The highest BCUT2D eigenvalue weighted by Crippen LogP contribution is 2.41. The van der Waals surface area contributed by atoms with Gasteiger partial charge in [0.15, 0.2) is 0 Å². The van der Waals surface area contributed by atoms with Crippen molar-refractivity contribution in [2.24, 2.45) is 11.8 Å². The van der Waals surface area contributed by atoms with Gasteiger partial charge in [-0.25, -0.2) is 0 Å². The van der Waals surface area contributed by atoms with Crippen LogP contribution in [-0.4, -0.2) is 23.2 Å². The van der Waals surface area contributed by atoms with Crippen LogP contribution in [0.5, 0.6) is 0 Å². The zero-order valence-electron chi connectivity index (χ0n) is 9.31. The Labute approximate surface area is 101 Å². The molecule has 4 nitrogen and oxygen atoms in total. The molecule has 1 heterocycles. The molecule has 1 aromatic rings. The molecule has 1 fully saturated rings. The summed E-state index contributed by atoms with van der Waals surface area (Å²) < 4.78 is 30.3. The molecule has 2 aliphatic rings. The van der Waals surface area contributed by atoms with Gasteiger partial charge in [0.25, 0.3) is 10.1 Å². The van der Waals surface area contributed by atoms with Gasteiger partial charge in [-0.3, -0.25) is 9.54 Å². The van der Waals surface area contributed by atoms with E-state index >= 15 is 0 Å². The molecule has 1 saturated carbocycles. The Morgan fingerprint density at radius 1 is 1.06 bits per heavy atom. The predicted octanol–water partition coefficient (Wildman–Crippen LogP) is 1.92. The van der Waals surface area contributed by atoms with Gasteiger partial charge in [-0.05, 0) is 36.8 Å². The second-order valence-corrected chi connectivity index (χ2v) is 5.99. The Morgan fingerprint density at radius 3 is 2.00 bits per heavy atom. The molecule has 1 N–H and O–H groups in total. The molecular formula is C12H15NO3S. The normalized spacial score (nSPS) is 29.8. The minimum Gasteiger partial charge on any atom is -0.285 e. The van der Waals surface area contributed by atoms with E-state index in [1.807, 2.05) is 30.4 Å². The topological polar surface area (TPSA) is 67.3 Å². The minimum absolute atomic E-state index is 0.0787. The largest absolute Gasteiger partial charge is 0.285 e. The van der Waals surface area contributed by atoms with E-state index in [2.05, 4.69) is 4.98 Å². The maximum Gasteiger partial charge on any atom is 0.268 e. The molecule has 5 heteroatoms. The summed E-state index contributed by atoms with van der Waals surface area (Å²) in [6, 6.07) is 5.72. The first-order valence-electron chi connectivity index (χ1n) is 5.57. The Balaban J connectivity index is 0.000000153. The van der Waals surface area contributed by atoms with Crippen molar-refractivity contribution in [1.82, 2.24) is 4.98 Å². The second-order valence-electron chi connectivity index (χ2n) is 4.36. The van der Waals surface area contributed by atoms with E-state index in [9.17, 15) is 8.42 Å². The fourth-order valence-corrected chi connectivity index (χ4v) is 3.52. The second kappa shape index (κ2) is 4.98. The summed E-state index contributed by atoms with van der Waals surface area (Å²) in [6.07, 6.45) is 8.98. The van der Waals surface area contributed by atoms with Crippen LogP contribution < -0.4 is 0 Å². The highest BCUT2D eigenvalue weighted by Gasteiger charge is 2.42. The molecule has 17 heavy (non-hydrogen) atoms. The molecule has 3 unspecified atom stereocenters. The number of aromatic nitrogens is 1. The van der Waals surface area contributed by atoms with Gasteiger partial charge in [0.05, 0.1) is 5.25 Å². The molecule has 2 bridgehead atoms. The summed E-state index contributed by atoms with van der Waals surface area (Å²) in [5.41, 5.74) is 0. The average Bonchev–Trinajstić information content (AvgIpc) is 2.93. The first-order valence-corrected chi connectivity index (χ1v) is 7.07. The molecular weight excluding hydrogens is 238 g/mol. The average molecular weight is 253 g/mol. The van der Waals surface area contributed by atoms with Gasteiger partial charge in [0.1, 0.15) is 0 Å². The van der Waals surface area contributed by atoms with Crippen molar-refractivity contribution < 1.29 is 13.0 Å². The van der Waals surface area contributed by atoms with Crippen molar-refractivity contribution >= 4 is 10.1 Å². The molecule has 0 saturated heterocycles. The van der Waals surface area contributed by atoms with E-state index in [0.29, 0.717) is 12.3 Å². The maximum atomic E-state index is 10.7. The zero-order valence-corrected chi connectivity index (χ0v) is 10.1. The lowest BCUT2D eigenvalue weighted by Gasteiger charge is -2.13. The van der Waals surface area contributed by atoms with E-state index in [0.717, 1.165) is 6.42 Å². The van der Waals surface area contributed by atoms with Gasteiger partial charge in [-0.15, -0.1) is 0 Å². The van der Waals surface area contributed by atoms with Crippen LogP contribution in [0.15, 0.2) is 42.7 Å². The molecule has 3 atom stereocenters. The van der Waals surface area contributed by atoms with Crippen LogP contribution in [0.3, 0.4) is 0 Å². The Bertz CT molecular complexity index is 457. The summed E-state index contributed by atoms with van der Waals surface area (Å²) in [5.74, 6) is 0.474. The van der Waals surface area contributed by atoms with Crippen molar-refractivity contribution in [2.75, 3.05) is 0 Å². The molecule has 92 valence electrons. The third-order valence-electron chi connectivity index (χ3n) is 3.17. The first kappa shape index (κ1) is 12.3. The lowest BCUT2D eigenvalue weighted by Crippen LogP contribution is -2.24. The highest BCUT2D eigenvalue weighted by molar-refractivity contribution is 7.86. The Morgan fingerprint density at radius 2 is 1.76 bits per heavy atom. The Kier molecular flexibility index (Phi) is 3.59. The zero-order chi connectivity index (χ0) is 12.3. The standard InChI is InChI=1S/C7H10O3S.C5H5N/c8-11(9,10)7-4-5-1-2-6(7)3-5;1-2-4-6-5-3-1/h1-2,5-7H,3-4H2,(H,8,9,10);1-5H. The van der Waals surface area contributed by atoms with Crippen LogP contribution in [0.25, 0.3) is 0 Å². The first-order chi connectivity index (χ1) is 8.07. The quantitative estimate of drug-likeness (QED) is 0.613. The molecule has 1 aromatic heterocycles. The van der Waals surface area contributed by atoms with Gasteiger partial charge in [0, 0.05) is 12.4 Å². The molecule has 0 aromatic carbocycles. The van der Waals surface area contributed by atoms with Gasteiger partial charge in [0.2, 0.25) is 0 Å². The minimum atomic E-state index is -3.78.